The lowest BCUT2D eigenvalue weighted by molar-refractivity contribution is 0.0693. The SMILES string of the molecule is O=C(O)c1cc(S)c(-c2csnn2)cc1S. The van der Waals surface area contributed by atoms with E-state index in [4.69, 9.17) is 5.11 Å². The highest BCUT2D eigenvalue weighted by Crippen LogP contribution is 2.30. The minimum atomic E-state index is -1.02. The lowest BCUT2D eigenvalue weighted by Gasteiger charge is -2.05. The maximum absolute atomic E-state index is 10.9. The van der Waals surface area contributed by atoms with E-state index in [-0.39, 0.29) is 5.56 Å². The number of carbonyl (C=O) groups is 1. The van der Waals surface area contributed by atoms with Crippen LogP contribution in [0.2, 0.25) is 0 Å². The molecule has 1 aromatic heterocycles. The first-order chi connectivity index (χ1) is 7.59. The Kier molecular flexibility index (Phi) is 3.17. The number of hydrogen-bond acceptors (Lipinski definition) is 6. The van der Waals surface area contributed by atoms with Gasteiger partial charge >= 0.3 is 5.97 Å². The quantitative estimate of drug-likeness (QED) is 0.734. The van der Waals surface area contributed by atoms with E-state index in [2.05, 4.69) is 34.8 Å². The zero-order chi connectivity index (χ0) is 11.7. The van der Waals surface area contributed by atoms with E-state index in [0.717, 1.165) is 5.56 Å². The van der Waals surface area contributed by atoms with Gasteiger partial charge in [-0.1, -0.05) is 4.49 Å². The van der Waals surface area contributed by atoms with Gasteiger partial charge in [0.15, 0.2) is 0 Å². The largest absolute Gasteiger partial charge is 0.478 e. The molecule has 0 saturated heterocycles. The minimum absolute atomic E-state index is 0.125. The van der Waals surface area contributed by atoms with E-state index < -0.39 is 5.97 Å². The standard InChI is InChI=1S/C9H6N2O2S3/c12-9(13)5-2-7(14)4(1-8(5)15)6-3-16-11-10-6/h1-3,14-15H,(H,12,13). The van der Waals surface area contributed by atoms with E-state index in [1.807, 2.05) is 0 Å². The first-order valence-electron chi connectivity index (χ1n) is 4.16. The van der Waals surface area contributed by atoms with Gasteiger partial charge in [-0.2, -0.15) is 0 Å². The number of hydrogen-bond donors (Lipinski definition) is 3. The molecule has 1 heterocycles. The average Bonchev–Trinajstić information content (AvgIpc) is 2.73. The fourth-order valence-electron chi connectivity index (χ4n) is 1.24. The molecular formula is C9H6N2O2S3. The van der Waals surface area contributed by atoms with Crippen LogP contribution < -0.4 is 0 Å². The summed E-state index contributed by atoms with van der Waals surface area (Å²) in [4.78, 5) is 11.8. The Morgan fingerprint density at radius 2 is 2.06 bits per heavy atom. The van der Waals surface area contributed by atoms with Crippen LogP contribution >= 0.6 is 36.8 Å². The van der Waals surface area contributed by atoms with Crippen molar-refractivity contribution < 1.29 is 9.90 Å². The minimum Gasteiger partial charge on any atom is -0.478 e. The van der Waals surface area contributed by atoms with Crippen molar-refractivity contribution in [2.24, 2.45) is 0 Å². The monoisotopic (exact) mass is 270 g/mol. The van der Waals surface area contributed by atoms with Gasteiger partial charge in [0.05, 0.1) is 5.56 Å². The van der Waals surface area contributed by atoms with Gasteiger partial charge in [-0.3, -0.25) is 0 Å². The Labute approximate surface area is 106 Å². The van der Waals surface area contributed by atoms with Crippen molar-refractivity contribution in [1.29, 1.82) is 0 Å². The van der Waals surface area contributed by atoms with Crippen LogP contribution in [0, 0.1) is 0 Å². The molecule has 0 fully saturated rings. The topological polar surface area (TPSA) is 63.1 Å². The molecule has 7 heteroatoms. The number of aromatic nitrogens is 2. The van der Waals surface area contributed by atoms with Gasteiger partial charge in [-0.15, -0.1) is 30.4 Å². The van der Waals surface area contributed by atoms with E-state index in [1.54, 1.807) is 11.4 Å². The second-order valence-corrected chi connectivity index (χ2v) is 4.56. The molecule has 0 spiro atoms. The van der Waals surface area contributed by atoms with Crippen molar-refractivity contribution in [3.63, 3.8) is 0 Å². The highest BCUT2D eigenvalue weighted by atomic mass is 32.1. The van der Waals surface area contributed by atoms with Crippen LogP contribution in [0.3, 0.4) is 0 Å². The maximum Gasteiger partial charge on any atom is 0.336 e. The molecule has 1 N–H and O–H groups in total. The molecule has 4 nitrogen and oxygen atoms in total. The lowest BCUT2D eigenvalue weighted by Crippen LogP contribution is -1.98. The molecule has 2 aromatic rings. The van der Waals surface area contributed by atoms with E-state index in [9.17, 15) is 4.79 Å². The molecule has 0 aliphatic rings. The smallest absolute Gasteiger partial charge is 0.336 e. The van der Waals surface area contributed by atoms with Crippen molar-refractivity contribution in [3.8, 4) is 11.3 Å². The van der Waals surface area contributed by atoms with E-state index >= 15 is 0 Å². The molecule has 0 amide bonds. The van der Waals surface area contributed by atoms with Gasteiger partial charge < -0.3 is 5.11 Å². The number of nitrogens with zero attached hydrogens (tertiary/aromatic N) is 2. The van der Waals surface area contributed by atoms with Gasteiger partial charge in [0.25, 0.3) is 0 Å². The first-order valence-corrected chi connectivity index (χ1v) is 5.89. The highest BCUT2D eigenvalue weighted by molar-refractivity contribution is 7.80. The van der Waals surface area contributed by atoms with Gasteiger partial charge in [-0.05, 0) is 23.7 Å². The fourth-order valence-corrected chi connectivity index (χ4v) is 2.29. The predicted molar refractivity (Wildman–Crippen MR) is 66.8 cm³/mol. The normalized spacial score (nSPS) is 10.4. The van der Waals surface area contributed by atoms with Gasteiger partial charge in [0, 0.05) is 20.7 Å². The molecule has 0 bridgehead atoms. The van der Waals surface area contributed by atoms with Crippen molar-refractivity contribution in [2.75, 3.05) is 0 Å². The third kappa shape index (κ3) is 2.06. The van der Waals surface area contributed by atoms with Gasteiger partial charge in [0.2, 0.25) is 0 Å². The number of carboxylic acids is 1. The summed E-state index contributed by atoms with van der Waals surface area (Å²) in [5.41, 5.74) is 1.52. The Bertz CT molecular complexity index is 540. The molecule has 0 atom stereocenters. The molecule has 82 valence electrons. The molecular weight excluding hydrogens is 264 g/mol. The fraction of sp³-hybridized carbons (Fsp3) is 0. The third-order valence-corrected chi connectivity index (χ3v) is 3.23. The number of benzene rings is 1. The zero-order valence-corrected chi connectivity index (χ0v) is 10.4. The molecule has 0 aliphatic heterocycles. The predicted octanol–water partition coefficient (Wildman–Crippen LogP) is 2.48. The number of aromatic carboxylic acids is 1. The molecule has 0 radical (unpaired) electrons. The van der Waals surface area contributed by atoms with E-state index in [1.165, 1.54) is 17.6 Å². The Morgan fingerprint density at radius 3 is 2.62 bits per heavy atom. The Morgan fingerprint density at radius 1 is 1.31 bits per heavy atom. The summed E-state index contributed by atoms with van der Waals surface area (Å²) in [5, 5.41) is 14.6. The van der Waals surface area contributed by atoms with Crippen molar-refractivity contribution >= 4 is 42.8 Å². The van der Waals surface area contributed by atoms with Crippen molar-refractivity contribution in [3.05, 3.63) is 23.1 Å². The molecule has 2 rings (SSSR count). The summed E-state index contributed by atoms with van der Waals surface area (Å²) in [5.74, 6) is -1.02. The van der Waals surface area contributed by atoms with Crippen LogP contribution in [-0.2, 0) is 0 Å². The third-order valence-electron chi connectivity index (χ3n) is 1.98. The zero-order valence-electron chi connectivity index (χ0n) is 7.78. The van der Waals surface area contributed by atoms with Crippen LogP contribution in [0.25, 0.3) is 11.3 Å². The summed E-state index contributed by atoms with van der Waals surface area (Å²) < 4.78 is 3.74. The number of thiol groups is 2. The summed E-state index contributed by atoms with van der Waals surface area (Å²) in [7, 11) is 0. The lowest BCUT2D eigenvalue weighted by atomic mass is 10.1. The van der Waals surface area contributed by atoms with Gasteiger partial charge in [-0.25, -0.2) is 4.79 Å². The summed E-state index contributed by atoms with van der Waals surface area (Å²) in [6, 6.07) is 3.09. The summed E-state index contributed by atoms with van der Waals surface area (Å²) >= 11 is 9.58. The maximum atomic E-state index is 10.9. The number of carboxylic acid groups (broad SMARTS) is 1. The second-order valence-electron chi connectivity index (χ2n) is 2.98. The first kappa shape index (κ1) is 11.4. The molecule has 0 unspecified atom stereocenters. The highest BCUT2D eigenvalue weighted by Gasteiger charge is 2.13. The molecule has 0 aliphatic carbocycles. The van der Waals surface area contributed by atoms with Crippen LogP contribution in [0.1, 0.15) is 10.4 Å². The second kappa shape index (κ2) is 4.44. The molecule has 1 aromatic carbocycles. The van der Waals surface area contributed by atoms with Crippen molar-refractivity contribution in [1.82, 2.24) is 9.59 Å². The van der Waals surface area contributed by atoms with Crippen LogP contribution in [0.15, 0.2) is 27.3 Å². The van der Waals surface area contributed by atoms with E-state index in [0.29, 0.717) is 15.5 Å². The van der Waals surface area contributed by atoms with Crippen molar-refractivity contribution in [2.45, 2.75) is 9.79 Å². The summed E-state index contributed by atoms with van der Waals surface area (Å²) in [6.07, 6.45) is 0. The Hall–Kier alpha value is -1.05. The van der Waals surface area contributed by atoms with Gasteiger partial charge in [0.1, 0.15) is 5.69 Å². The van der Waals surface area contributed by atoms with Crippen LogP contribution in [-0.4, -0.2) is 20.7 Å². The van der Waals surface area contributed by atoms with Crippen LogP contribution in [0.4, 0.5) is 0 Å². The summed E-state index contributed by atoms with van der Waals surface area (Å²) in [6.45, 7) is 0. The molecule has 16 heavy (non-hydrogen) atoms. The average molecular weight is 270 g/mol. The van der Waals surface area contributed by atoms with Crippen LogP contribution in [0.5, 0.6) is 0 Å². The molecule has 0 saturated carbocycles. The Balaban J connectivity index is 2.59. The number of rotatable bonds is 2.